The Labute approximate surface area is 103 Å². The van der Waals surface area contributed by atoms with Crippen LogP contribution in [0.25, 0.3) is 11.1 Å². The largest absolute Gasteiger partial charge is 0.494 e. The van der Waals surface area contributed by atoms with Gasteiger partial charge in [0.05, 0.1) is 12.8 Å². The van der Waals surface area contributed by atoms with Gasteiger partial charge in [-0.15, -0.1) is 0 Å². The van der Waals surface area contributed by atoms with E-state index in [9.17, 15) is 0 Å². The minimum Gasteiger partial charge on any atom is -0.494 e. The van der Waals surface area contributed by atoms with E-state index in [0.717, 1.165) is 21.3 Å². The van der Waals surface area contributed by atoms with E-state index in [1.807, 2.05) is 42.5 Å². The first-order chi connectivity index (χ1) is 7.72. The van der Waals surface area contributed by atoms with Crippen LogP contribution in [0.4, 0.5) is 5.69 Å². The Morgan fingerprint density at radius 2 is 1.75 bits per heavy atom. The summed E-state index contributed by atoms with van der Waals surface area (Å²) in [6.07, 6.45) is 0. The van der Waals surface area contributed by atoms with Gasteiger partial charge in [-0.1, -0.05) is 40.2 Å². The summed E-state index contributed by atoms with van der Waals surface area (Å²) in [5.74, 6) is 0.727. The highest BCUT2D eigenvalue weighted by Gasteiger charge is 2.07. The number of nitrogens with two attached hydrogens (primary N) is 1. The standard InChI is InChI=1S/C13H12BrNO/c1-16-13-11(3-2-4-12(13)15)9-5-7-10(14)8-6-9/h2-8H,15H2,1H3. The molecule has 0 heterocycles. The molecule has 0 aliphatic heterocycles. The van der Waals surface area contributed by atoms with Gasteiger partial charge in [-0.3, -0.25) is 0 Å². The second-order valence-electron chi connectivity index (χ2n) is 3.43. The Morgan fingerprint density at radius 3 is 2.38 bits per heavy atom. The predicted octanol–water partition coefficient (Wildman–Crippen LogP) is 3.71. The van der Waals surface area contributed by atoms with Gasteiger partial charge in [0.15, 0.2) is 0 Å². The van der Waals surface area contributed by atoms with Gasteiger partial charge in [-0.05, 0) is 23.8 Å². The third-order valence-corrected chi connectivity index (χ3v) is 2.93. The number of anilines is 1. The van der Waals surface area contributed by atoms with E-state index < -0.39 is 0 Å². The fraction of sp³-hybridized carbons (Fsp3) is 0.0769. The lowest BCUT2D eigenvalue weighted by molar-refractivity contribution is 0.418. The smallest absolute Gasteiger partial charge is 0.149 e. The molecule has 2 aromatic rings. The third kappa shape index (κ3) is 2.04. The summed E-state index contributed by atoms with van der Waals surface area (Å²) in [5, 5.41) is 0. The second kappa shape index (κ2) is 4.58. The van der Waals surface area contributed by atoms with Gasteiger partial charge < -0.3 is 10.5 Å². The summed E-state index contributed by atoms with van der Waals surface area (Å²) in [7, 11) is 1.63. The van der Waals surface area contributed by atoms with E-state index in [2.05, 4.69) is 15.9 Å². The minimum atomic E-state index is 0.655. The molecular formula is C13H12BrNO. The van der Waals surface area contributed by atoms with Crippen molar-refractivity contribution in [2.75, 3.05) is 12.8 Å². The van der Waals surface area contributed by atoms with Crippen molar-refractivity contribution >= 4 is 21.6 Å². The Kier molecular flexibility index (Phi) is 3.15. The minimum absolute atomic E-state index is 0.655. The number of hydrogen-bond acceptors (Lipinski definition) is 2. The van der Waals surface area contributed by atoms with Crippen molar-refractivity contribution in [3.8, 4) is 16.9 Å². The van der Waals surface area contributed by atoms with Crippen molar-refractivity contribution in [1.29, 1.82) is 0 Å². The van der Waals surface area contributed by atoms with Crippen molar-refractivity contribution in [2.45, 2.75) is 0 Å². The van der Waals surface area contributed by atoms with E-state index >= 15 is 0 Å². The number of para-hydroxylation sites is 1. The molecule has 0 saturated heterocycles. The fourth-order valence-electron chi connectivity index (χ4n) is 1.64. The average Bonchev–Trinajstić information content (AvgIpc) is 2.30. The summed E-state index contributed by atoms with van der Waals surface area (Å²) < 4.78 is 6.38. The van der Waals surface area contributed by atoms with Crippen molar-refractivity contribution < 1.29 is 4.74 Å². The number of nitrogen functional groups attached to an aromatic ring is 1. The van der Waals surface area contributed by atoms with Gasteiger partial charge in [0.25, 0.3) is 0 Å². The lowest BCUT2D eigenvalue weighted by Gasteiger charge is -2.10. The molecular weight excluding hydrogens is 266 g/mol. The van der Waals surface area contributed by atoms with Crippen LogP contribution in [0, 0.1) is 0 Å². The number of ether oxygens (including phenoxy) is 1. The Hall–Kier alpha value is -1.48. The van der Waals surface area contributed by atoms with Crippen LogP contribution in [0.15, 0.2) is 46.9 Å². The van der Waals surface area contributed by atoms with Crippen LogP contribution in [-0.4, -0.2) is 7.11 Å². The van der Waals surface area contributed by atoms with Gasteiger partial charge in [0.1, 0.15) is 5.75 Å². The normalized spacial score (nSPS) is 10.1. The molecule has 0 saturated carbocycles. The number of halogens is 1. The molecule has 2 aromatic carbocycles. The molecule has 2 nitrogen and oxygen atoms in total. The zero-order valence-corrected chi connectivity index (χ0v) is 10.5. The number of rotatable bonds is 2. The van der Waals surface area contributed by atoms with E-state index in [-0.39, 0.29) is 0 Å². The molecule has 3 heteroatoms. The summed E-state index contributed by atoms with van der Waals surface area (Å²) in [6, 6.07) is 13.8. The molecule has 0 aliphatic rings. The van der Waals surface area contributed by atoms with Crippen LogP contribution < -0.4 is 10.5 Å². The van der Waals surface area contributed by atoms with Crippen molar-refractivity contribution in [3.05, 3.63) is 46.9 Å². The van der Waals surface area contributed by atoms with Gasteiger partial charge in [0, 0.05) is 10.0 Å². The van der Waals surface area contributed by atoms with Crippen LogP contribution in [0.3, 0.4) is 0 Å². The molecule has 0 atom stereocenters. The van der Waals surface area contributed by atoms with Crippen LogP contribution in [0.1, 0.15) is 0 Å². The summed E-state index contributed by atoms with van der Waals surface area (Å²) >= 11 is 3.41. The van der Waals surface area contributed by atoms with Gasteiger partial charge in [-0.2, -0.15) is 0 Å². The number of methoxy groups -OCH3 is 1. The van der Waals surface area contributed by atoms with Crippen molar-refractivity contribution in [3.63, 3.8) is 0 Å². The van der Waals surface area contributed by atoms with E-state index in [4.69, 9.17) is 10.5 Å². The predicted molar refractivity (Wildman–Crippen MR) is 70.5 cm³/mol. The Morgan fingerprint density at radius 1 is 1.06 bits per heavy atom. The molecule has 0 aliphatic carbocycles. The topological polar surface area (TPSA) is 35.2 Å². The van der Waals surface area contributed by atoms with E-state index in [1.165, 1.54) is 0 Å². The quantitative estimate of drug-likeness (QED) is 0.850. The fourth-order valence-corrected chi connectivity index (χ4v) is 1.90. The SMILES string of the molecule is COc1c(N)cccc1-c1ccc(Br)cc1. The summed E-state index contributed by atoms with van der Waals surface area (Å²) in [4.78, 5) is 0. The second-order valence-corrected chi connectivity index (χ2v) is 4.35. The zero-order valence-electron chi connectivity index (χ0n) is 8.91. The van der Waals surface area contributed by atoms with E-state index in [1.54, 1.807) is 7.11 Å². The monoisotopic (exact) mass is 277 g/mol. The molecule has 0 amide bonds. The van der Waals surface area contributed by atoms with Gasteiger partial charge >= 0.3 is 0 Å². The first-order valence-electron chi connectivity index (χ1n) is 4.91. The van der Waals surface area contributed by atoms with Crippen LogP contribution in [0.5, 0.6) is 5.75 Å². The summed E-state index contributed by atoms with van der Waals surface area (Å²) in [6.45, 7) is 0. The highest BCUT2D eigenvalue weighted by atomic mass is 79.9. The van der Waals surface area contributed by atoms with Gasteiger partial charge in [-0.25, -0.2) is 0 Å². The highest BCUT2D eigenvalue weighted by Crippen LogP contribution is 2.34. The maximum Gasteiger partial charge on any atom is 0.149 e. The number of benzene rings is 2. The van der Waals surface area contributed by atoms with Gasteiger partial charge in [0.2, 0.25) is 0 Å². The third-order valence-electron chi connectivity index (χ3n) is 2.40. The van der Waals surface area contributed by atoms with Crippen LogP contribution in [-0.2, 0) is 0 Å². The molecule has 2 N–H and O–H groups in total. The van der Waals surface area contributed by atoms with Crippen LogP contribution in [0.2, 0.25) is 0 Å². The average molecular weight is 278 g/mol. The Balaban J connectivity index is 2.55. The maximum atomic E-state index is 5.86. The molecule has 0 radical (unpaired) electrons. The molecule has 2 rings (SSSR count). The van der Waals surface area contributed by atoms with E-state index in [0.29, 0.717) is 5.69 Å². The molecule has 0 aromatic heterocycles. The highest BCUT2D eigenvalue weighted by molar-refractivity contribution is 9.10. The molecule has 0 fully saturated rings. The Bertz CT molecular complexity index is 494. The zero-order chi connectivity index (χ0) is 11.5. The first-order valence-corrected chi connectivity index (χ1v) is 5.70. The molecule has 0 spiro atoms. The first kappa shape index (κ1) is 11.0. The molecule has 0 unspecified atom stereocenters. The molecule has 0 bridgehead atoms. The lowest BCUT2D eigenvalue weighted by atomic mass is 10.0. The maximum absolute atomic E-state index is 5.86. The van der Waals surface area contributed by atoms with Crippen molar-refractivity contribution in [1.82, 2.24) is 0 Å². The molecule has 82 valence electrons. The summed E-state index contributed by atoms with van der Waals surface area (Å²) in [5.41, 5.74) is 8.62. The van der Waals surface area contributed by atoms with Crippen molar-refractivity contribution in [2.24, 2.45) is 0 Å². The lowest BCUT2D eigenvalue weighted by Crippen LogP contribution is -1.94. The molecule has 16 heavy (non-hydrogen) atoms. The van der Waals surface area contributed by atoms with Crippen LogP contribution >= 0.6 is 15.9 Å². The number of hydrogen-bond donors (Lipinski definition) is 1.